The zero-order valence-corrected chi connectivity index (χ0v) is 19.3. The summed E-state index contributed by atoms with van der Waals surface area (Å²) in [4.78, 5) is 24.9. The number of hydrogen-bond donors (Lipinski definition) is 1. The number of amides is 1. The maximum Gasteiger partial charge on any atom is 0.263 e. The molecule has 6 nitrogen and oxygen atoms in total. The van der Waals surface area contributed by atoms with Gasteiger partial charge in [-0.05, 0) is 67.0 Å². The van der Waals surface area contributed by atoms with Crippen molar-refractivity contribution in [3.63, 3.8) is 0 Å². The van der Waals surface area contributed by atoms with Crippen molar-refractivity contribution in [3.8, 4) is 11.6 Å². The molecule has 1 aromatic heterocycles. The fraction of sp³-hybridized carbons (Fsp3) is 0.320. The van der Waals surface area contributed by atoms with E-state index in [-0.39, 0.29) is 5.91 Å². The summed E-state index contributed by atoms with van der Waals surface area (Å²) in [5.41, 5.74) is 1.65. The van der Waals surface area contributed by atoms with Gasteiger partial charge in [0.1, 0.15) is 5.75 Å². The lowest BCUT2D eigenvalue weighted by Gasteiger charge is -2.31. The summed E-state index contributed by atoms with van der Waals surface area (Å²) < 4.78 is 6.03. The minimum Gasteiger partial charge on any atom is -0.436 e. The predicted octanol–water partition coefficient (Wildman–Crippen LogP) is 5.16. The number of carbonyl (C=O) groups excluding carboxylic acids is 1. The minimum absolute atomic E-state index is 0.117. The van der Waals surface area contributed by atoms with Gasteiger partial charge in [0.25, 0.3) is 11.8 Å². The molecule has 1 aliphatic rings. The number of piperidine rings is 1. The lowest BCUT2D eigenvalue weighted by molar-refractivity contribution is 0.0951. The monoisotopic (exact) mass is 448 g/mol. The van der Waals surface area contributed by atoms with Crippen molar-refractivity contribution in [1.82, 2.24) is 15.3 Å². The molecule has 1 fully saturated rings. The maximum absolute atomic E-state index is 12.5. The predicted molar refractivity (Wildman–Crippen MR) is 129 cm³/mol. The molecule has 1 amide bonds. The van der Waals surface area contributed by atoms with Crippen LogP contribution in [0.3, 0.4) is 0 Å². The van der Waals surface area contributed by atoms with Crippen LogP contribution in [-0.2, 0) is 6.54 Å². The quantitative estimate of drug-likeness (QED) is 0.504. The number of ether oxygens (including phenoxy) is 1. The maximum atomic E-state index is 12.5. The Morgan fingerprint density at radius 3 is 2.44 bits per heavy atom. The number of nitrogens with one attached hydrogen (secondary N) is 1. The first-order valence-electron chi connectivity index (χ1n) is 10.9. The summed E-state index contributed by atoms with van der Waals surface area (Å²) in [7, 11) is 0. The van der Waals surface area contributed by atoms with Crippen LogP contribution in [0.1, 0.15) is 35.7 Å². The highest BCUT2D eigenvalue weighted by molar-refractivity contribution is 7.98. The van der Waals surface area contributed by atoms with Gasteiger partial charge in [-0.1, -0.05) is 19.1 Å². The molecular formula is C25H28N4O2S. The zero-order valence-electron chi connectivity index (χ0n) is 18.5. The van der Waals surface area contributed by atoms with Crippen molar-refractivity contribution in [1.29, 1.82) is 0 Å². The second-order valence-electron chi connectivity index (χ2n) is 8.01. The Morgan fingerprint density at radius 1 is 1.06 bits per heavy atom. The van der Waals surface area contributed by atoms with E-state index in [2.05, 4.69) is 39.2 Å². The van der Waals surface area contributed by atoms with Crippen LogP contribution in [0, 0.1) is 5.92 Å². The Kier molecular flexibility index (Phi) is 7.27. The number of carbonyl (C=O) groups is 1. The van der Waals surface area contributed by atoms with Gasteiger partial charge in [0.15, 0.2) is 5.82 Å². The van der Waals surface area contributed by atoms with E-state index in [1.807, 2.05) is 18.4 Å². The molecule has 0 spiro atoms. The van der Waals surface area contributed by atoms with Gasteiger partial charge < -0.3 is 15.0 Å². The molecule has 3 aromatic rings. The van der Waals surface area contributed by atoms with Crippen molar-refractivity contribution in [3.05, 3.63) is 72.1 Å². The van der Waals surface area contributed by atoms with E-state index < -0.39 is 0 Å². The van der Waals surface area contributed by atoms with E-state index in [1.54, 1.807) is 48.4 Å². The second kappa shape index (κ2) is 10.5. The fourth-order valence-electron chi connectivity index (χ4n) is 3.64. The number of rotatable bonds is 7. The van der Waals surface area contributed by atoms with Gasteiger partial charge in [0.2, 0.25) is 0 Å². The van der Waals surface area contributed by atoms with Crippen LogP contribution in [0.25, 0.3) is 0 Å². The standard InChI is InChI=1S/C25H28N4O2S/c1-18-11-15-29(16-12-18)23-25(27-14-13-26-23)31-21-7-5-20(6-8-21)24(30)28-17-19-3-9-22(32-2)10-4-19/h3-10,13-14,18H,11-12,15-17H2,1-2H3,(H,28,30). The Hall–Kier alpha value is -3.06. The molecule has 4 rings (SSSR count). The molecule has 0 radical (unpaired) electrons. The molecule has 0 unspecified atom stereocenters. The van der Waals surface area contributed by atoms with E-state index in [9.17, 15) is 4.79 Å². The third-order valence-corrected chi connectivity index (χ3v) is 6.42. The first kappa shape index (κ1) is 22.1. The van der Waals surface area contributed by atoms with Gasteiger partial charge in [0.05, 0.1) is 0 Å². The Morgan fingerprint density at radius 2 is 1.75 bits per heavy atom. The highest BCUT2D eigenvalue weighted by Crippen LogP contribution is 2.30. The van der Waals surface area contributed by atoms with Gasteiger partial charge >= 0.3 is 0 Å². The van der Waals surface area contributed by atoms with Crippen LogP contribution in [0.15, 0.2) is 65.8 Å². The van der Waals surface area contributed by atoms with Crippen LogP contribution in [-0.4, -0.2) is 35.2 Å². The lowest BCUT2D eigenvalue weighted by Crippen LogP contribution is -2.33. The largest absolute Gasteiger partial charge is 0.436 e. The number of hydrogen-bond acceptors (Lipinski definition) is 6. The molecular weight excluding hydrogens is 420 g/mol. The van der Waals surface area contributed by atoms with Crippen LogP contribution < -0.4 is 15.0 Å². The third-order valence-electron chi connectivity index (χ3n) is 5.67. The summed E-state index contributed by atoms with van der Waals surface area (Å²) >= 11 is 1.70. The van der Waals surface area contributed by atoms with Crippen LogP contribution in [0.2, 0.25) is 0 Å². The van der Waals surface area contributed by atoms with Gasteiger partial charge in [-0.3, -0.25) is 4.79 Å². The number of benzene rings is 2. The molecule has 2 heterocycles. The fourth-order valence-corrected chi connectivity index (χ4v) is 4.05. The first-order chi connectivity index (χ1) is 15.6. The Bertz CT molecular complexity index is 1030. The van der Waals surface area contributed by atoms with Crippen molar-refractivity contribution >= 4 is 23.5 Å². The van der Waals surface area contributed by atoms with E-state index in [4.69, 9.17) is 4.74 Å². The third kappa shape index (κ3) is 5.59. The summed E-state index contributed by atoms with van der Waals surface area (Å²) in [5, 5.41) is 2.96. The number of aromatic nitrogens is 2. The first-order valence-corrected chi connectivity index (χ1v) is 12.1. The average Bonchev–Trinajstić information content (AvgIpc) is 2.84. The second-order valence-corrected chi connectivity index (χ2v) is 8.89. The van der Waals surface area contributed by atoms with Gasteiger partial charge in [-0.25, -0.2) is 9.97 Å². The number of thioether (sulfide) groups is 1. The summed E-state index contributed by atoms with van der Waals surface area (Å²) in [6.07, 6.45) is 7.66. The molecule has 1 N–H and O–H groups in total. The minimum atomic E-state index is -0.117. The van der Waals surface area contributed by atoms with Crippen LogP contribution in [0.4, 0.5) is 5.82 Å². The van der Waals surface area contributed by atoms with Crippen LogP contribution in [0.5, 0.6) is 11.6 Å². The molecule has 0 atom stereocenters. The lowest BCUT2D eigenvalue weighted by atomic mass is 9.99. The van der Waals surface area contributed by atoms with E-state index in [0.29, 0.717) is 23.7 Å². The van der Waals surface area contributed by atoms with Crippen molar-refractivity contribution < 1.29 is 9.53 Å². The SMILES string of the molecule is CSc1ccc(CNC(=O)c2ccc(Oc3nccnc3N3CCC(C)CC3)cc2)cc1. The topological polar surface area (TPSA) is 67.3 Å². The molecule has 166 valence electrons. The molecule has 0 saturated carbocycles. The van der Waals surface area contributed by atoms with Crippen LogP contribution >= 0.6 is 11.8 Å². The van der Waals surface area contributed by atoms with Crippen molar-refractivity contribution in [2.24, 2.45) is 5.92 Å². The van der Waals surface area contributed by atoms with Crippen molar-refractivity contribution in [2.75, 3.05) is 24.2 Å². The molecule has 0 aliphatic carbocycles. The summed E-state index contributed by atoms with van der Waals surface area (Å²) in [5.74, 6) is 2.51. The van der Waals surface area contributed by atoms with E-state index in [1.165, 1.54) is 4.90 Å². The molecule has 1 saturated heterocycles. The number of nitrogens with zero attached hydrogens (tertiary/aromatic N) is 3. The average molecular weight is 449 g/mol. The van der Waals surface area contributed by atoms with E-state index >= 15 is 0 Å². The molecule has 32 heavy (non-hydrogen) atoms. The zero-order chi connectivity index (χ0) is 22.3. The van der Waals surface area contributed by atoms with Crippen molar-refractivity contribution in [2.45, 2.75) is 31.2 Å². The Labute approximate surface area is 193 Å². The highest BCUT2D eigenvalue weighted by atomic mass is 32.2. The summed E-state index contributed by atoms with van der Waals surface area (Å²) in [6.45, 7) is 4.68. The highest BCUT2D eigenvalue weighted by Gasteiger charge is 2.21. The van der Waals surface area contributed by atoms with Gasteiger partial charge in [-0.2, -0.15) is 0 Å². The molecule has 0 bridgehead atoms. The normalized spacial score (nSPS) is 14.2. The molecule has 1 aliphatic heterocycles. The molecule has 2 aromatic carbocycles. The summed E-state index contributed by atoms with van der Waals surface area (Å²) in [6, 6.07) is 15.3. The number of anilines is 1. The van der Waals surface area contributed by atoms with E-state index in [0.717, 1.165) is 43.2 Å². The smallest absolute Gasteiger partial charge is 0.263 e. The molecule has 7 heteroatoms. The van der Waals surface area contributed by atoms with Gasteiger partial charge in [0, 0.05) is 42.5 Å². The van der Waals surface area contributed by atoms with Gasteiger partial charge in [-0.15, -0.1) is 11.8 Å². The Balaban J connectivity index is 1.37.